The van der Waals surface area contributed by atoms with Gasteiger partial charge < -0.3 is 77.0 Å². The number of aliphatic hydroxyl groups excluding tert-OH is 1. The minimum atomic E-state index is -1.71. The van der Waals surface area contributed by atoms with Crippen LogP contribution in [0.2, 0.25) is 5.28 Å². The third-order valence-electron chi connectivity index (χ3n) is 10.8. The number of fused-ring (bicyclic) bond motifs is 1. The van der Waals surface area contributed by atoms with Crippen molar-refractivity contribution in [3.05, 3.63) is 53.0 Å². The van der Waals surface area contributed by atoms with Crippen molar-refractivity contribution in [1.82, 2.24) is 40.1 Å². The number of rotatable bonds is 38. The van der Waals surface area contributed by atoms with Crippen LogP contribution < -0.4 is 15.0 Å². The predicted molar refractivity (Wildman–Crippen MR) is 267 cm³/mol. The average Bonchev–Trinajstić information content (AvgIpc) is 4.16. The zero-order valence-corrected chi connectivity index (χ0v) is 44.5. The summed E-state index contributed by atoms with van der Waals surface area (Å²) in [7, 11) is -2.09. The maximum atomic E-state index is 13.5. The van der Waals surface area contributed by atoms with Gasteiger partial charge in [-0.25, -0.2) is 22.5 Å². The predicted octanol–water partition coefficient (Wildman–Crippen LogP) is 3.05. The van der Waals surface area contributed by atoms with Gasteiger partial charge in [0.15, 0.2) is 31.9 Å². The second-order valence-electron chi connectivity index (χ2n) is 16.4. The monoisotopic (exact) mass is 1140 g/mol. The van der Waals surface area contributed by atoms with E-state index >= 15 is 0 Å². The number of amides is 1. The van der Waals surface area contributed by atoms with Gasteiger partial charge >= 0.3 is 5.97 Å². The molecule has 31 heteroatoms. The van der Waals surface area contributed by atoms with E-state index < -0.39 is 56.0 Å². The highest BCUT2D eigenvalue weighted by molar-refractivity contribution is 7.58. The first-order valence-electron chi connectivity index (χ1n) is 24.5. The van der Waals surface area contributed by atoms with Crippen molar-refractivity contribution < 1.29 is 89.5 Å². The number of carbonyl (C=O) groups excluding carboxylic acids is 2. The zero-order valence-electron chi connectivity index (χ0n) is 41.9. The van der Waals surface area contributed by atoms with Gasteiger partial charge in [0.25, 0.3) is 0 Å². The maximum Gasteiger partial charge on any atom is 0.313 e. The third kappa shape index (κ3) is 23.6. The summed E-state index contributed by atoms with van der Waals surface area (Å²) in [6, 6.07) is 0.845. The molecule has 2 saturated heterocycles. The molecule has 426 valence electrons. The molecule has 4 unspecified atom stereocenters. The number of benzene rings is 1. The van der Waals surface area contributed by atoms with Crippen molar-refractivity contribution in [2.24, 2.45) is 0 Å². The van der Waals surface area contributed by atoms with Gasteiger partial charge in [0.05, 0.1) is 155 Å². The Hall–Kier alpha value is -3.93. The first-order chi connectivity index (χ1) is 37.1. The van der Waals surface area contributed by atoms with Crippen LogP contribution in [0, 0.1) is 17.5 Å². The molecule has 25 nitrogen and oxygen atoms in total. The number of piperidine rings is 1. The summed E-state index contributed by atoms with van der Waals surface area (Å²) in [5.41, 5.74) is 1.26. The first kappa shape index (κ1) is 62.9. The molecule has 4 N–H and O–H groups in total. The SMILES string of the molecule is O=CNCCOCCOCCOCCOCc1cn(CCOCCOCCOCCOCCC(=O)Oc2c(F)cc(F)cc2F)nn1.OPCP(O)OCC1OC(n2ncc3c(N4CCCCC4)nc(Cl)nc32)C[C@@H]1O. The number of hydrogen-bond acceptors (Lipinski definition) is 22. The van der Waals surface area contributed by atoms with Crippen LogP contribution in [0.5, 0.6) is 5.75 Å². The molecule has 0 saturated carbocycles. The fourth-order valence-corrected chi connectivity index (χ4v) is 8.46. The molecule has 4 aromatic rings. The Morgan fingerprint density at radius 3 is 2.09 bits per heavy atom. The van der Waals surface area contributed by atoms with Crippen LogP contribution in [0.3, 0.4) is 0 Å². The molecule has 0 radical (unpaired) electrons. The van der Waals surface area contributed by atoms with Gasteiger partial charge in [-0.05, 0) is 30.9 Å². The summed E-state index contributed by atoms with van der Waals surface area (Å²) in [4.78, 5) is 51.3. The Balaban J connectivity index is 0.000000311. The summed E-state index contributed by atoms with van der Waals surface area (Å²) < 4.78 is 102. The minimum Gasteiger partial charge on any atom is -0.420 e. The molecule has 0 bridgehead atoms. The molecule has 5 atom stereocenters. The van der Waals surface area contributed by atoms with Crippen LogP contribution >= 0.6 is 28.8 Å². The topological polar surface area (TPSA) is 286 Å². The number of nitrogens with zero attached hydrogens (tertiary/aromatic N) is 8. The maximum absolute atomic E-state index is 13.5. The van der Waals surface area contributed by atoms with E-state index in [2.05, 4.69) is 40.3 Å². The largest absolute Gasteiger partial charge is 0.420 e. The number of aliphatic hydroxyl groups is 1. The number of aromatic nitrogens is 7. The summed E-state index contributed by atoms with van der Waals surface area (Å²) in [6.45, 7) is 8.61. The quantitative estimate of drug-likeness (QED) is 0.0125. The average molecular weight is 1140 g/mol. The van der Waals surface area contributed by atoms with E-state index in [4.69, 9.17) is 63.6 Å². The second kappa shape index (κ2) is 37.0. The smallest absolute Gasteiger partial charge is 0.313 e. The van der Waals surface area contributed by atoms with E-state index in [0.29, 0.717) is 135 Å². The normalized spacial score (nSPS) is 17.1. The van der Waals surface area contributed by atoms with Crippen molar-refractivity contribution in [2.45, 2.75) is 63.7 Å². The van der Waals surface area contributed by atoms with Crippen LogP contribution in [0.1, 0.15) is 44.0 Å². The second-order valence-corrected chi connectivity index (χ2v) is 19.3. The number of esters is 1. The molecule has 5 heterocycles. The molecule has 2 aliphatic rings. The molecular weight excluding hydrogens is 1080 g/mol. The van der Waals surface area contributed by atoms with Crippen molar-refractivity contribution in [1.29, 1.82) is 0 Å². The number of nitrogens with one attached hydrogen (secondary N) is 1. The van der Waals surface area contributed by atoms with Gasteiger partial charge in [0.2, 0.25) is 17.4 Å². The molecule has 1 aromatic carbocycles. The minimum absolute atomic E-state index is 0.0400. The van der Waals surface area contributed by atoms with Gasteiger partial charge in [0, 0.05) is 47.0 Å². The zero-order chi connectivity index (χ0) is 54.2. The molecule has 1 amide bonds. The Morgan fingerprint density at radius 1 is 0.855 bits per heavy atom. The standard InChI is InChI=1S/C29H43F3N4O11.C16H24ClN5O5P2/c30-24-19-26(31)29(27(32)20-24)47-28(38)1-4-39-7-10-42-13-14-44-12-9-41-6-3-36-21-25(34-35-36)22-46-18-17-45-16-15-43-11-8-40-5-2-33-23-37;17-16-19-14(21-4-2-1-3-5-21)10-7-18-22(15(10)20-16)13-6-11(23)12(27-13)8-26-29(25)9-28-24/h19-21,23H,1-18,22H2,(H,33,37);7,11-13,23-25,28H,1-6,8-9H2/t;11-,12?,13?,29?/m.0/s1. The number of hydrogen-bond donors (Lipinski definition) is 4. The molecular formula is C45H67ClF3N9O16P2. The van der Waals surface area contributed by atoms with Gasteiger partial charge in [0.1, 0.15) is 23.4 Å². The lowest BCUT2D eigenvalue weighted by Crippen LogP contribution is -2.30. The number of halogens is 4. The third-order valence-corrected chi connectivity index (χ3v) is 13.0. The first-order valence-corrected chi connectivity index (χ1v) is 27.5. The van der Waals surface area contributed by atoms with E-state index in [0.717, 1.165) is 37.1 Å². The Bertz CT molecular complexity index is 2240. The van der Waals surface area contributed by atoms with Crippen LogP contribution in [0.4, 0.5) is 19.0 Å². The van der Waals surface area contributed by atoms with Crippen LogP contribution in [-0.4, -0.2) is 205 Å². The van der Waals surface area contributed by atoms with Gasteiger partial charge in [-0.1, -0.05) is 5.21 Å². The van der Waals surface area contributed by atoms with E-state index in [1.165, 1.54) is 6.42 Å². The van der Waals surface area contributed by atoms with Gasteiger partial charge in [-0.15, -0.1) is 5.10 Å². The van der Waals surface area contributed by atoms with Crippen LogP contribution in [0.25, 0.3) is 11.0 Å². The molecule has 76 heavy (non-hydrogen) atoms. The van der Waals surface area contributed by atoms with E-state index in [1.807, 2.05) is 0 Å². The molecule has 0 aliphatic carbocycles. The lowest BCUT2D eigenvalue weighted by Gasteiger charge is -2.28. The molecule has 3 aromatic heterocycles. The number of ether oxygens (including phenoxy) is 10. The molecule has 6 rings (SSSR count). The van der Waals surface area contributed by atoms with E-state index in [-0.39, 0.29) is 52.8 Å². The van der Waals surface area contributed by atoms with E-state index in [9.17, 15) is 32.8 Å². The van der Waals surface area contributed by atoms with Crippen LogP contribution in [0.15, 0.2) is 24.5 Å². The lowest BCUT2D eigenvalue weighted by atomic mass is 10.1. The van der Waals surface area contributed by atoms with Crippen molar-refractivity contribution in [3.63, 3.8) is 0 Å². The fourth-order valence-electron chi connectivity index (χ4n) is 7.13. The number of anilines is 1. The van der Waals surface area contributed by atoms with Crippen molar-refractivity contribution in [3.8, 4) is 5.75 Å². The fraction of sp³-hybridized carbons (Fsp3) is 0.667. The van der Waals surface area contributed by atoms with Crippen molar-refractivity contribution in [2.75, 3.05) is 136 Å². The summed E-state index contributed by atoms with van der Waals surface area (Å²) in [5.74, 6) is -4.61. The highest BCUT2D eigenvalue weighted by atomic mass is 35.5. The molecule has 2 fully saturated rings. The Labute approximate surface area is 444 Å². The van der Waals surface area contributed by atoms with E-state index in [1.54, 1.807) is 21.8 Å². The molecule has 0 spiro atoms. The van der Waals surface area contributed by atoms with Crippen molar-refractivity contribution >= 4 is 58.0 Å². The number of carbonyl (C=O) groups is 2. The van der Waals surface area contributed by atoms with Crippen LogP contribution in [-0.2, 0) is 69.9 Å². The molecule has 2 aliphatic heterocycles. The highest BCUT2D eigenvalue weighted by Crippen LogP contribution is 2.39. The van der Waals surface area contributed by atoms with Gasteiger partial charge in [-0.3, -0.25) is 9.59 Å². The van der Waals surface area contributed by atoms with Gasteiger partial charge in [-0.2, -0.15) is 15.1 Å². The Kier molecular flexibility index (Phi) is 30.7. The highest BCUT2D eigenvalue weighted by Gasteiger charge is 2.37. The Morgan fingerprint density at radius 2 is 1.46 bits per heavy atom. The lowest BCUT2D eigenvalue weighted by molar-refractivity contribution is -0.136. The summed E-state index contributed by atoms with van der Waals surface area (Å²) in [5, 5.41) is 26.3. The summed E-state index contributed by atoms with van der Waals surface area (Å²) >= 11 is 6.20. The summed E-state index contributed by atoms with van der Waals surface area (Å²) in [6.07, 6.45) is 5.74.